The molecule has 14 heavy (non-hydrogen) atoms. The van der Waals surface area contributed by atoms with Crippen LogP contribution in [0.4, 0.5) is 5.82 Å². The maximum absolute atomic E-state index is 11.1. The molecule has 1 aromatic heterocycles. The number of carbonyl (C=O) groups is 1. The summed E-state index contributed by atoms with van der Waals surface area (Å²) in [7, 11) is 0. The molecular weight excluding hydrogens is 176 g/mol. The normalized spacial score (nSPS) is 17.2. The first-order chi connectivity index (χ1) is 6.77. The largest absolute Gasteiger partial charge is 0.356 e. The molecule has 0 radical (unpaired) electrons. The molecule has 0 unspecified atom stereocenters. The van der Waals surface area contributed by atoms with Gasteiger partial charge in [-0.05, 0) is 18.6 Å². The van der Waals surface area contributed by atoms with E-state index in [1.54, 1.807) is 6.20 Å². The summed E-state index contributed by atoms with van der Waals surface area (Å²) in [4.78, 5) is 17.6. The molecular formula is C11H14N2O. The van der Waals surface area contributed by atoms with E-state index >= 15 is 0 Å². The van der Waals surface area contributed by atoms with Crippen molar-refractivity contribution in [1.29, 1.82) is 0 Å². The highest BCUT2D eigenvalue weighted by atomic mass is 16.1. The lowest BCUT2D eigenvalue weighted by molar-refractivity contribution is -0.119. The number of hydrogen-bond donors (Lipinski definition) is 0. The van der Waals surface area contributed by atoms with Crippen molar-refractivity contribution < 1.29 is 4.79 Å². The van der Waals surface area contributed by atoms with Crippen LogP contribution < -0.4 is 4.90 Å². The van der Waals surface area contributed by atoms with Gasteiger partial charge in [0, 0.05) is 32.1 Å². The van der Waals surface area contributed by atoms with Gasteiger partial charge in [0.15, 0.2) is 0 Å². The smallest absolute Gasteiger partial charge is 0.136 e. The zero-order valence-corrected chi connectivity index (χ0v) is 8.36. The lowest BCUT2D eigenvalue weighted by Crippen LogP contribution is -2.34. The van der Waals surface area contributed by atoms with Crippen LogP contribution in [0.15, 0.2) is 18.3 Å². The van der Waals surface area contributed by atoms with E-state index in [-0.39, 0.29) is 0 Å². The number of aromatic nitrogens is 1. The Bertz CT molecular complexity index is 339. The fourth-order valence-corrected chi connectivity index (χ4v) is 1.78. The van der Waals surface area contributed by atoms with Crippen LogP contribution in [0.1, 0.15) is 18.4 Å². The lowest BCUT2D eigenvalue weighted by atomic mass is 10.1. The van der Waals surface area contributed by atoms with Crippen molar-refractivity contribution in [3.63, 3.8) is 0 Å². The van der Waals surface area contributed by atoms with E-state index in [1.165, 1.54) is 5.56 Å². The van der Waals surface area contributed by atoms with Gasteiger partial charge in [-0.25, -0.2) is 4.98 Å². The summed E-state index contributed by atoms with van der Waals surface area (Å²) in [6.07, 6.45) is 3.13. The molecule has 1 fully saturated rings. The molecule has 0 bridgehead atoms. The van der Waals surface area contributed by atoms with E-state index in [9.17, 15) is 4.79 Å². The molecule has 0 aromatic carbocycles. The van der Waals surface area contributed by atoms with Gasteiger partial charge in [-0.2, -0.15) is 0 Å². The monoisotopic (exact) mass is 190 g/mol. The number of pyridine rings is 1. The number of ketones is 1. The fraction of sp³-hybridized carbons (Fsp3) is 0.455. The third-order valence-corrected chi connectivity index (χ3v) is 2.60. The number of aryl methyl sites for hydroxylation is 1. The summed E-state index contributed by atoms with van der Waals surface area (Å²) in [6, 6.07) is 3.99. The molecule has 2 rings (SSSR count). The molecule has 0 atom stereocenters. The number of rotatable bonds is 1. The second-order valence-corrected chi connectivity index (χ2v) is 3.67. The van der Waals surface area contributed by atoms with Crippen molar-refractivity contribution >= 4 is 11.6 Å². The Hall–Kier alpha value is -1.38. The van der Waals surface area contributed by atoms with Crippen molar-refractivity contribution in [3.05, 3.63) is 23.9 Å². The maximum Gasteiger partial charge on any atom is 0.136 e. The number of nitrogens with zero attached hydrogens (tertiary/aromatic N) is 2. The van der Waals surface area contributed by atoms with Gasteiger partial charge in [0.1, 0.15) is 11.6 Å². The van der Waals surface area contributed by atoms with Crippen molar-refractivity contribution in [2.75, 3.05) is 18.0 Å². The van der Waals surface area contributed by atoms with Gasteiger partial charge in [0.05, 0.1) is 0 Å². The lowest BCUT2D eigenvalue weighted by Gasteiger charge is -2.28. The molecule has 0 N–H and O–H groups in total. The highest BCUT2D eigenvalue weighted by Gasteiger charge is 2.17. The predicted molar refractivity (Wildman–Crippen MR) is 55.4 cm³/mol. The van der Waals surface area contributed by atoms with Crippen molar-refractivity contribution in [2.45, 2.75) is 19.8 Å². The molecule has 1 aliphatic heterocycles. The van der Waals surface area contributed by atoms with Crippen LogP contribution in [0.25, 0.3) is 0 Å². The number of Topliss-reactive ketones (excluding diaryl/α,β-unsaturated/α-hetero) is 1. The Morgan fingerprint density at radius 1 is 1.36 bits per heavy atom. The minimum atomic E-state index is 0.370. The highest BCUT2D eigenvalue weighted by molar-refractivity contribution is 5.80. The first-order valence-electron chi connectivity index (χ1n) is 4.95. The Kier molecular flexibility index (Phi) is 2.48. The molecule has 1 aliphatic rings. The summed E-state index contributed by atoms with van der Waals surface area (Å²) in [6.45, 7) is 3.69. The summed E-state index contributed by atoms with van der Waals surface area (Å²) in [5.41, 5.74) is 1.18. The predicted octanol–water partition coefficient (Wildman–Crippen LogP) is 1.56. The van der Waals surface area contributed by atoms with Crippen LogP contribution in [0, 0.1) is 6.92 Å². The molecule has 3 nitrogen and oxygen atoms in total. The van der Waals surface area contributed by atoms with Gasteiger partial charge in [-0.3, -0.25) is 4.79 Å². The zero-order chi connectivity index (χ0) is 9.97. The van der Waals surface area contributed by atoms with Gasteiger partial charge in [0.25, 0.3) is 0 Å². The Morgan fingerprint density at radius 2 is 2.07 bits per heavy atom. The van der Waals surface area contributed by atoms with Crippen LogP contribution in [0.3, 0.4) is 0 Å². The Morgan fingerprint density at radius 3 is 2.71 bits per heavy atom. The summed E-state index contributed by atoms with van der Waals surface area (Å²) >= 11 is 0. The van der Waals surface area contributed by atoms with Crippen LogP contribution in [0.5, 0.6) is 0 Å². The molecule has 0 amide bonds. The first kappa shape index (κ1) is 9.19. The summed E-state index contributed by atoms with van der Waals surface area (Å²) in [5, 5.41) is 0. The van der Waals surface area contributed by atoms with E-state index in [2.05, 4.69) is 22.9 Å². The summed E-state index contributed by atoms with van der Waals surface area (Å²) < 4.78 is 0. The van der Waals surface area contributed by atoms with Crippen molar-refractivity contribution in [2.24, 2.45) is 0 Å². The van der Waals surface area contributed by atoms with E-state index < -0.39 is 0 Å². The average Bonchev–Trinajstić information content (AvgIpc) is 2.20. The second kappa shape index (κ2) is 3.78. The first-order valence-corrected chi connectivity index (χ1v) is 4.95. The van der Waals surface area contributed by atoms with Gasteiger partial charge >= 0.3 is 0 Å². The fourth-order valence-electron chi connectivity index (χ4n) is 1.78. The minimum Gasteiger partial charge on any atom is -0.356 e. The highest BCUT2D eigenvalue weighted by Crippen LogP contribution is 2.19. The third kappa shape index (κ3) is 1.76. The average molecular weight is 190 g/mol. The molecule has 0 aliphatic carbocycles. The number of anilines is 1. The van der Waals surface area contributed by atoms with Crippen molar-refractivity contribution in [3.8, 4) is 0 Å². The third-order valence-electron chi connectivity index (χ3n) is 2.60. The van der Waals surface area contributed by atoms with Crippen LogP contribution >= 0.6 is 0 Å². The second-order valence-electron chi connectivity index (χ2n) is 3.67. The topological polar surface area (TPSA) is 33.2 Å². The summed E-state index contributed by atoms with van der Waals surface area (Å²) in [5.74, 6) is 1.40. The number of piperidine rings is 1. The standard InChI is InChI=1S/C11H14N2O/c1-9-3-2-6-12-11(9)13-7-4-10(14)5-8-13/h2-3,6H,4-5,7-8H2,1H3. The van der Waals surface area contributed by atoms with E-state index in [1.807, 2.05) is 6.07 Å². The van der Waals surface area contributed by atoms with Crippen molar-refractivity contribution in [1.82, 2.24) is 4.98 Å². The number of hydrogen-bond acceptors (Lipinski definition) is 3. The van der Waals surface area contributed by atoms with Gasteiger partial charge in [0.2, 0.25) is 0 Å². The van der Waals surface area contributed by atoms with E-state index in [4.69, 9.17) is 0 Å². The van der Waals surface area contributed by atoms with Gasteiger partial charge < -0.3 is 4.90 Å². The molecule has 2 heterocycles. The van der Waals surface area contributed by atoms with E-state index in [0.717, 1.165) is 18.9 Å². The minimum absolute atomic E-state index is 0.370. The quantitative estimate of drug-likeness (QED) is 0.673. The molecule has 0 saturated carbocycles. The van der Waals surface area contributed by atoms with Crippen LogP contribution in [-0.2, 0) is 4.79 Å². The van der Waals surface area contributed by atoms with E-state index in [0.29, 0.717) is 18.6 Å². The van der Waals surface area contributed by atoms with Crippen LogP contribution in [-0.4, -0.2) is 23.9 Å². The molecule has 1 aromatic rings. The molecule has 3 heteroatoms. The maximum atomic E-state index is 11.1. The van der Waals surface area contributed by atoms with Gasteiger partial charge in [-0.1, -0.05) is 6.07 Å². The number of carbonyl (C=O) groups excluding carboxylic acids is 1. The molecule has 74 valence electrons. The SMILES string of the molecule is Cc1cccnc1N1CCC(=O)CC1. The van der Waals surface area contributed by atoms with Gasteiger partial charge in [-0.15, -0.1) is 0 Å². The molecule has 1 saturated heterocycles. The van der Waals surface area contributed by atoms with Crippen LogP contribution in [0.2, 0.25) is 0 Å². The Labute approximate surface area is 83.8 Å². The molecule has 0 spiro atoms. The zero-order valence-electron chi connectivity index (χ0n) is 8.36. The Balaban J connectivity index is 2.16.